The summed E-state index contributed by atoms with van der Waals surface area (Å²) in [6.45, 7) is 2.54. The number of rotatable bonds is 2. The zero-order chi connectivity index (χ0) is 21.6. The molecule has 0 amide bonds. The zero-order valence-electron chi connectivity index (χ0n) is 16.1. The number of aryl methyl sites for hydroxylation is 1. The molecule has 0 bridgehead atoms. The number of thiocarbonyl (C=S) groups is 2. The van der Waals surface area contributed by atoms with E-state index in [1.165, 1.54) is 0 Å². The molecular weight excluding hydrogens is 431 g/mol. The van der Waals surface area contributed by atoms with Crippen LogP contribution >= 0.6 is 24.4 Å². The third kappa shape index (κ3) is 3.83. The quantitative estimate of drug-likeness (QED) is 0.632. The van der Waals surface area contributed by atoms with E-state index >= 15 is 0 Å². The minimum Gasteiger partial charge on any atom is -0.455 e. The number of hydrogen-bond donors (Lipinski definition) is 2. The molecule has 2 aromatic rings. The lowest BCUT2D eigenvalue weighted by Gasteiger charge is -2.41. The summed E-state index contributed by atoms with van der Waals surface area (Å²) in [4.78, 5) is 1.39. The lowest BCUT2D eigenvalue weighted by Crippen LogP contribution is -2.48. The first kappa shape index (κ1) is 20.9. The monoisotopic (exact) mass is 451 g/mol. The third-order valence-electron chi connectivity index (χ3n) is 5.59. The summed E-state index contributed by atoms with van der Waals surface area (Å²) < 4.78 is 45.1. The van der Waals surface area contributed by atoms with E-state index in [0.29, 0.717) is 36.4 Å². The van der Waals surface area contributed by atoms with E-state index < -0.39 is 11.2 Å². The summed E-state index contributed by atoms with van der Waals surface area (Å²) in [5.74, 6) is 1.31. The number of benzene rings is 2. The summed E-state index contributed by atoms with van der Waals surface area (Å²) in [7, 11) is 0. The van der Waals surface area contributed by atoms with Crippen molar-refractivity contribution in [3.63, 3.8) is 0 Å². The maximum absolute atomic E-state index is 13.0. The van der Waals surface area contributed by atoms with Crippen LogP contribution in [-0.4, -0.2) is 28.7 Å². The molecular formula is C21H20F3N3OS2. The summed E-state index contributed by atoms with van der Waals surface area (Å²) in [6, 6.07) is 10.8. The Balaban J connectivity index is 1.75. The molecule has 0 aliphatic carbocycles. The van der Waals surface area contributed by atoms with E-state index in [2.05, 4.69) is 22.4 Å². The minimum absolute atomic E-state index is 0.152. The van der Waals surface area contributed by atoms with Gasteiger partial charge in [-0.15, -0.1) is 0 Å². The molecule has 1 fully saturated rings. The number of nitrogens with one attached hydrogen (secondary N) is 1. The molecule has 3 N–H and O–H groups in total. The van der Waals surface area contributed by atoms with Crippen molar-refractivity contribution in [2.45, 2.75) is 38.0 Å². The molecule has 4 nitrogen and oxygen atoms in total. The van der Waals surface area contributed by atoms with Crippen LogP contribution in [0, 0.1) is 6.92 Å². The molecule has 2 aliphatic rings. The van der Waals surface area contributed by atoms with Crippen LogP contribution in [0.3, 0.4) is 0 Å². The topological polar surface area (TPSA) is 50.5 Å². The van der Waals surface area contributed by atoms with Gasteiger partial charge in [0.25, 0.3) is 0 Å². The number of alkyl halides is 3. The molecule has 4 rings (SSSR count). The summed E-state index contributed by atoms with van der Waals surface area (Å²) in [5, 5.41) is 2.52. The van der Waals surface area contributed by atoms with Gasteiger partial charge in [-0.3, -0.25) is 0 Å². The van der Waals surface area contributed by atoms with Crippen molar-refractivity contribution in [3.05, 3.63) is 53.1 Å². The smallest absolute Gasteiger partial charge is 0.441 e. The summed E-state index contributed by atoms with van der Waals surface area (Å²) in [5.41, 5.74) is 9.34. The number of fused-ring (bicyclic) bond motifs is 5. The Bertz CT molecular complexity index is 1030. The first-order valence-corrected chi connectivity index (χ1v) is 10.3. The molecule has 2 aromatic carbocycles. The van der Waals surface area contributed by atoms with Crippen LogP contribution in [0.1, 0.15) is 35.6 Å². The first-order chi connectivity index (χ1) is 14.1. The lowest BCUT2D eigenvalue weighted by molar-refractivity contribution is -0.0598. The van der Waals surface area contributed by atoms with Crippen molar-refractivity contribution in [1.82, 2.24) is 5.32 Å². The van der Waals surface area contributed by atoms with E-state index in [0.717, 1.165) is 16.8 Å². The Kier molecular flexibility index (Phi) is 5.36. The molecule has 0 spiro atoms. The maximum Gasteiger partial charge on any atom is 0.441 e. The van der Waals surface area contributed by atoms with Crippen LogP contribution in [0.15, 0.2) is 36.4 Å². The average molecular weight is 452 g/mol. The molecule has 2 aliphatic heterocycles. The number of nitrogens with zero attached hydrogens (tertiary/aromatic N) is 1. The van der Waals surface area contributed by atoms with Gasteiger partial charge in [-0.05, 0) is 49.6 Å². The Hall–Kier alpha value is -2.39. The maximum atomic E-state index is 13.0. The third-order valence-corrected chi connectivity index (χ3v) is 6.17. The largest absolute Gasteiger partial charge is 0.455 e. The fourth-order valence-corrected chi connectivity index (χ4v) is 4.49. The molecule has 158 valence electrons. The second-order valence-corrected chi connectivity index (χ2v) is 8.39. The normalized spacial score (nSPS) is 20.2. The molecule has 0 radical (unpaired) electrons. The Labute approximate surface area is 183 Å². The standard InChI is InChI=1S/C21H20F3N3OS2/c1-11-3-2-4-16-18(11)15-10-13(26-20(30)21(22,23)24)7-8-27(15)14-6-5-12(19(25)29)9-17(14)28-16/h2-6,9,13,15H,7-8,10H2,1H3,(H2,25,29)(H,26,30)/t13-,15-/m0/s1. The Morgan fingerprint density at radius 3 is 2.67 bits per heavy atom. The van der Waals surface area contributed by atoms with Crippen molar-refractivity contribution >= 4 is 40.1 Å². The van der Waals surface area contributed by atoms with E-state index in [1.54, 1.807) is 0 Å². The van der Waals surface area contributed by atoms with Crippen LogP contribution in [0.2, 0.25) is 0 Å². The lowest BCUT2D eigenvalue weighted by atomic mass is 9.88. The van der Waals surface area contributed by atoms with Gasteiger partial charge < -0.3 is 20.7 Å². The van der Waals surface area contributed by atoms with Gasteiger partial charge in [-0.1, -0.05) is 36.6 Å². The molecule has 0 saturated carbocycles. The van der Waals surface area contributed by atoms with Crippen LogP contribution in [0.5, 0.6) is 11.5 Å². The van der Waals surface area contributed by atoms with Crippen LogP contribution in [0.25, 0.3) is 0 Å². The predicted molar refractivity (Wildman–Crippen MR) is 118 cm³/mol. The van der Waals surface area contributed by atoms with E-state index in [9.17, 15) is 13.2 Å². The highest BCUT2D eigenvalue weighted by atomic mass is 32.1. The SMILES string of the molecule is Cc1cccc2c1[C@@H]1C[C@@H](NC(=S)C(F)(F)F)CCN1c1ccc(C(N)=S)cc1O2. The van der Waals surface area contributed by atoms with Gasteiger partial charge >= 0.3 is 6.18 Å². The fraction of sp³-hybridized carbons (Fsp3) is 0.333. The van der Waals surface area contributed by atoms with Gasteiger partial charge in [0.2, 0.25) is 0 Å². The molecule has 30 heavy (non-hydrogen) atoms. The highest BCUT2D eigenvalue weighted by Crippen LogP contribution is 2.48. The molecule has 2 heterocycles. The van der Waals surface area contributed by atoms with E-state index in [4.69, 9.17) is 22.7 Å². The number of ether oxygens (including phenoxy) is 1. The van der Waals surface area contributed by atoms with Crippen LogP contribution in [-0.2, 0) is 0 Å². The number of hydrogen-bond acceptors (Lipinski definition) is 4. The van der Waals surface area contributed by atoms with Crippen molar-refractivity contribution in [1.29, 1.82) is 0 Å². The molecule has 2 atom stereocenters. The fourth-order valence-electron chi connectivity index (χ4n) is 4.20. The number of nitrogens with two attached hydrogens (primary N) is 1. The second-order valence-electron chi connectivity index (χ2n) is 7.54. The van der Waals surface area contributed by atoms with Gasteiger partial charge in [-0.2, -0.15) is 13.2 Å². The molecule has 0 aromatic heterocycles. The zero-order valence-corrected chi connectivity index (χ0v) is 17.8. The Morgan fingerprint density at radius 1 is 1.20 bits per heavy atom. The first-order valence-electron chi connectivity index (χ1n) is 9.50. The Morgan fingerprint density at radius 2 is 1.97 bits per heavy atom. The molecule has 9 heteroatoms. The van der Waals surface area contributed by atoms with Crippen molar-refractivity contribution in [3.8, 4) is 11.5 Å². The second kappa shape index (κ2) is 7.70. The predicted octanol–water partition coefficient (Wildman–Crippen LogP) is 4.92. The molecule has 1 saturated heterocycles. The minimum atomic E-state index is -4.53. The van der Waals surface area contributed by atoms with Gasteiger partial charge in [0.05, 0.1) is 11.7 Å². The highest BCUT2D eigenvalue weighted by molar-refractivity contribution is 7.80. The number of halogens is 3. The number of anilines is 1. The highest BCUT2D eigenvalue weighted by Gasteiger charge is 2.40. The van der Waals surface area contributed by atoms with E-state index in [-0.39, 0.29) is 17.1 Å². The van der Waals surface area contributed by atoms with Gasteiger partial charge in [0.15, 0.2) is 10.7 Å². The van der Waals surface area contributed by atoms with Crippen LogP contribution < -0.4 is 20.7 Å². The van der Waals surface area contributed by atoms with Crippen LogP contribution in [0.4, 0.5) is 18.9 Å². The van der Waals surface area contributed by atoms with Crippen molar-refractivity contribution in [2.24, 2.45) is 5.73 Å². The van der Waals surface area contributed by atoms with Gasteiger partial charge in [0, 0.05) is 23.7 Å². The summed E-state index contributed by atoms with van der Waals surface area (Å²) in [6.07, 6.45) is -3.55. The van der Waals surface area contributed by atoms with Gasteiger partial charge in [-0.25, -0.2) is 0 Å². The summed E-state index contributed by atoms with van der Waals surface area (Å²) >= 11 is 9.65. The average Bonchev–Trinajstić information content (AvgIpc) is 2.81. The van der Waals surface area contributed by atoms with Crippen molar-refractivity contribution < 1.29 is 17.9 Å². The van der Waals surface area contributed by atoms with Gasteiger partial charge in [0.1, 0.15) is 10.7 Å². The van der Waals surface area contributed by atoms with E-state index in [1.807, 2.05) is 43.3 Å². The van der Waals surface area contributed by atoms with Crippen molar-refractivity contribution in [2.75, 3.05) is 11.4 Å². The molecule has 0 unspecified atom stereocenters. The number of piperidine rings is 1.